The molecule has 0 aromatic carbocycles. The molecule has 0 aliphatic heterocycles. The van der Waals surface area contributed by atoms with Gasteiger partial charge in [-0.25, -0.2) is 16.8 Å². The summed E-state index contributed by atoms with van der Waals surface area (Å²) in [5.41, 5.74) is -12.3. The monoisotopic (exact) mass is 309 g/mol. The van der Waals surface area contributed by atoms with Crippen molar-refractivity contribution in [3.05, 3.63) is 0 Å². The number of alkyl halides is 6. The van der Waals surface area contributed by atoms with Crippen molar-refractivity contribution in [3.8, 4) is 0 Å². The number of hydrogen-bond acceptors (Lipinski definition) is 4. The van der Waals surface area contributed by atoms with E-state index in [9.17, 15) is 43.2 Å². The minimum absolute atomic E-state index is 0. The fourth-order valence-electron chi connectivity index (χ4n) is 0.239. The molecule has 0 heterocycles. The van der Waals surface area contributed by atoms with E-state index in [0.717, 1.165) is 0 Å². The topological polar surface area (TPSA) is 80.3 Å². The molecule has 0 aliphatic carbocycles. The molecule has 0 spiro atoms. The third-order valence-corrected chi connectivity index (χ3v) is 3.80. The maximum Gasteiger partial charge on any atom is 1.00 e. The Morgan fingerprint density at radius 3 is 1.06 bits per heavy atom. The van der Waals surface area contributed by atoms with E-state index in [2.05, 4.69) is 0 Å². The Kier molecular flexibility index (Phi) is 7.48. The normalized spacial score (nSPS) is 13.5. The number of rotatable bonds is 2. The Morgan fingerprint density at radius 1 is 0.765 bits per heavy atom. The Bertz CT molecular complexity index is 397. The van der Waals surface area contributed by atoms with Crippen LogP contribution in [0.25, 0.3) is 0 Å². The Hall–Kier alpha value is -0.0326. The summed E-state index contributed by atoms with van der Waals surface area (Å²) in [7, 11) is -13.2. The quantitative estimate of drug-likeness (QED) is 0.453. The summed E-state index contributed by atoms with van der Waals surface area (Å²) in [6.45, 7) is 0. The van der Waals surface area contributed by atoms with E-state index in [4.69, 9.17) is 0 Å². The van der Waals surface area contributed by atoms with Crippen LogP contribution >= 0.6 is 0 Å². The second kappa shape index (κ2) is 5.74. The van der Waals surface area contributed by atoms with Crippen molar-refractivity contribution in [3.63, 3.8) is 0 Å². The van der Waals surface area contributed by atoms with Crippen LogP contribution in [-0.2, 0) is 20.0 Å². The van der Waals surface area contributed by atoms with Gasteiger partial charge >= 0.3 is 49.9 Å². The molecular weight excluding hydrogens is 306 g/mol. The van der Waals surface area contributed by atoms with Crippen LogP contribution in [0.5, 0.6) is 0 Å². The van der Waals surface area contributed by atoms with Gasteiger partial charge in [-0.05, 0) is 0 Å². The Balaban J connectivity index is -0.000000327. The van der Waals surface area contributed by atoms with Crippen LogP contribution in [0.1, 0.15) is 1.43 Å². The molecule has 0 aromatic rings. The molecule has 0 aromatic heterocycles. The van der Waals surface area contributed by atoms with Gasteiger partial charge in [0, 0.05) is 0 Å². The fraction of sp³-hybridized carbons (Fsp3) is 1.00. The van der Waals surface area contributed by atoms with Gasteiger partial charge in [-0.2, -0.15) is 26.3 Å². The summed E-state index contributed by atoms with van der Waals surface area (Å²) in [5.74, 6) is 0. The first-order chi connectivity index (χ1) is 6.21. The molecule has 0 radical (unpaired) electrons. The molecule has 0 saturated carbocycles. The second-order valence-corrected chi connectivity index (χ2v) is 5.59. The van der Waals surface area contributed by atoms with E-state index in [-0.39, 0.29) is 25.0 Å². The van der Waals surface area contributed by atoms with Gasteiger partial charge in [-0.3, -0.25) is 4.70 Å². The molecule has 0 fully saturated rings. The summed E-state index contributed by atoms with van der Waals surface area (Å²) in [5, 5.41) is 0. The van der Waals surface area contributed by atoms with Gasteiger partial charge in [-0.1, -0.05) is 4.13 Å². The minimum atomic E-state index is -6.60. The van der Waals surface area contributed by atoms with E-state index >= 15 is 0 Å². The first-order valence-electron chi connectivity index (χ1n) is 2.62. The van der Waals surface area contributed by atoms with E-state index < -0.39 is 35.2 Å². The van der Waals surface area contributed by atoms with Crippen LogP contribution in [-0.4, -0.2) is 27.9 Å². The molecule has 0 bridgehead atoms. The molecule has 15 heteroatoms. The molecule has 102 valence electrons. The Labute approximate surface area is 104 Å². The van der Waals surface area contributed by atoms with E-state index in [0.29, 0.717) is 0 Å². The second-order valence-electron chi connectivity index (χ2n) is 1.98. The zero-order valence-corrected chi connectivity index (χ0v) is 9.26. The molecule has 0 aliphatic rings. The predicted octanol–water partition coefficient (Wildman–Crippen LogP) is -2.46. The minimum Gasteiger partial charge on any atom is -1.00 e. The van der Waals surface area contributed by atoms with Crippen LogP contribution in [0.3, 0.4) is 0 Å². The number of halogens is 7. The standard InChI is InChI=1S/C2HF6NO4S2.FH.Li.H/c3-1(4,5)14(10,11)9-15(12,13)2(6,7)8;;;/h9H;1H;;/q;;+1;-1. The zero-order valence-electron chi connectivity index (χ0n) is 8.63. The number of sulfonamides is 2. The van der Waals surface area contributed by atoms with Gasteiger partial charge in [0.15, 0.2) is 0 Å². The van der Waals surface area contributed by atoms with E-state index in [1.807, 2.05) is 0 Å². The summed E-state index contributed by atoms with van der Waals surface area (Å²) < 4.78 is 108. The average molecular weight is 309 g/mol. The van der Waals surface area contributed by atoms with E-state index in [1.165, 1.54) is 0 Å². The van der Waals surface area contributed by atoms with Crippen molar-refractivity contribution >= 4 is 20.0 Å². The van der Waals surface area contributed by atoms with Gasteiger partial charge in [0.1, 0.15) is 0 Å². The smallest absolute Gasteiger partial charge is 1.00 e. The Morgan fingerprint density at radius 2 is 0.941 bits per heavy atom. The van der Waals surface area contributed by atoms with Gasteiger partial charge in [-0.15, -0.1) is 0 Å². The summed E-state index contributed by atoms with van der Waals surface area (Å²) >= 11 is 0. The van der Waals surface area contributed by atoms with Crippen LogP contribution in [0, 0.1) is 0 Å². The molecule has 0 rings (SSSR count). The average Bonchev–Trinajstić information content (AvgIpc) is 1.77. The third-order valence-electron chi connectivity index (χ3n) is 0.829. The molecule has 5 nitrogen and oxygen atoms in total. The van der Waals surface area contributed by atoms with Crippen molar-refractivity contribution in [2.45, 2.75) is 11.0 Å². The van der Waals surface area contributed by atoms with Gasteiger partial charge in [0.2, 0.25) is 0 Å². The summed E-state index contributed by atoms with van der Waals surface area (Å²) in [6.07, 6.45) is 0. The largest absolute Gasteiger partial charge is 1.00 e. The molecule has 0 amide bonds. The predicted molar refractivity (Wildman–Crippen MR) is 36.7 cm³/mol. The van der Waals surface area contributed by atoms with Gasteiger partial charge in [0.05, 0.1) is 0 Å². The van der Waals surface area contributed by atoms with Crippen LogP contribution in [0.15, 0.2) is 0 Å². The van der Waals surface area contributed by atoms with Gasteiger partial charge in [0.25, 0.3) is 0 Å². The van der Waals surface area contributed by atoms with Crippen LogP contribution in [0.2, 0.25) is 0 Å². The van der Waals surface area contributed by atoms with Crippen molar-refractivity contribution in [2.24, 2.45) is 0 Å². The first kappa shape index (κ1) is 22.2. The fourth-order valence-corrected chi connectivity index (χ4v) is 2.15. The molecule has 0 saturated heterocycles. The van der Waals surface area contributed by atoms with Gasteiger partial charge < -0.3 is 1.43 Å². The van der Waals surface area contributed by atoms with Crippen molar-refractivity contribution in [1.29, 1.82) is 0 Å². The zero-order chi connectivity index (χ0) is 12.7. The number of nitrogens with one attached hydrogen (secondary N) is 1. The first-order valence-corrected chi connectivity index (χ1v) is 5.58. The molecule has 17 heavy (non-hydrogen) atoms. The van der Waals surface area contributed by atoms with Crippen molar-refractivity contribution in [1.82, 2.24) is 4.13 Å². The SMILES string of the molecule is F.O=S(=O)(NS(=O)(=O)C(F)(F)F)C(F)(F)F.[H-].[Li+]. The third kappa shape index (κ3) is 5.42. The molecule has 0 atom stereocenters. The van der Waals surface area contributed by atoms with Crippen molar-refractivity contribution < 1.29 is 68.2 Å². The molecule has 0 unspecified atom stereocenters. The molecule has 1 N–H and O–H groups in total. The van der Waals surface area contributed by atoms with Crippen molar-refractivity contribution in [2.75, 3.05) is 0 Å². The van der Waals surface area contributed by atoms with Crippen LogP contribution in [0.4, 0.5) is 31.0 Å². The summed E-state index contributed by atoms with van der Waals surface area (Å²) in [4.78, 5) is 0. The maximum atomic E-state index is 11.5. The molecular formula is C2H3F7LiNO4S2. The van der Waals surface area contributed by atoms with E-state index in [1.54, 1.807) is 0 Å². The summed E-state index contributed by atoms with van der Waals surface area (Å²) in [6, 6.07) is 0. The number of hydrogen-bond donors (Lipinski definition) is 1. The maximum absolute atomic E-state index is 11.5. The van der Waals surface area contributed by atoms with Crippen LogP contribution < -0.4 is 23.0 Å².